The van der Waals surface area contributed by atoms with Crippen molar-refractivity contribution in [1.82, 2.24) is 0 Å². The summed E-state index contributed by atoms with van der Waals surface area (Å²) in [5.41, 5.74) is 2.10. The first-order valence-corrected chi connectivity index (χ1v) is 6.65. The Hall–Kier alpha value is -1.32. The molecule has 0 saturated heterocycles. The summed E-state index contributed by atoms with van der Waals surface area (Å²) in [7, 11) is 0. The third kappa shape index (κ3) is 3.59. The van der Waals surface area contributed by atoms with E-state index in [9.17, 15) is 0 Å². The van der Waals surface area contributed by atoms with E-state index >= 15 is 0 Å². The van der Waals surface area contributed by atoms with Gasteiger partial charge >= 0.3 is 0 Å². The molecule has 0 aliphatic carbocycles. The van der Waals surface area contributed by atoms with Gasteiger partial charge in [0.05, 0.1) is 13.2 Å². The van der Waals surface area contributed by atoms with Gasteiger partial charge in [0.15, 0.2) is 0 Å². The molecule has 0 aliphatic heterocycles. The maximum Gasteiger partial charge on any atom is 0.119 e. The Morgan fingerprint density at radius 1 is 1.06 bits per heavy atom. The van der Waals surface area contributed by atoms with Crippen LogP contribution in [0.25, 0.3) is 0 Å². The lowest BCUT2D eigenvalue weighted by atomic mass is 10.2. The van der Waals surface area contributed by atoms with Crippen LogP contribution in [0.5, 0.6) is 5.75 Å². The monoisotopic (exact) mass is 306 g/mol. The Morgan fingerprint density at radius 2 is 1.83 bits per heavy atom. The van der Waals surface area contributed by atoms with Crippen molar-refractivity contribution in [2.45, 2.75) is 13.0 Å². The fourth-order valence-electron chi connectivity index (χ4n) is 1.69. The Morgan fingerprint density at radius 3 is 2.56 bits per heavy atom. The van der Waals surface area contributed by atoms with Crippen LogP contribution >= 0.6 is 15.9 Å². The number of hydrogen-bond donors (Lipinski definition) is 1. The molecular formula is C15H15BrO2. The van der Waals surface area contributed by atoms with Gasteiger partial charge in [-0.3, -0.25) is 0 Å². The average Bonchev–Trinajstić information content (AvgIpc) is 2.42. The first-order valence-electron chi connectivity index (χ1n) is 5.85. The average molecular weight is 307 g/mol. The maximum absolute atomic E-state index is 9.16. The van der Waals surface area contributed by atoms with E-state index in [-0.39, 0.29) is 6.61 Å². The van der Waals surface area contributed by atoms with Crippen LogP contribution in [-0.2, 0) is 13.0 Å². The summed E-state index contributed by atoms with van der Waals surface area (Å²) in [5, 5.41) is 9.16. The van der Waals surface area contributed by atoms with Crippen LogP contribution in [0.4, 0.5) is 0 Å². The van der Waals surface area contributed by atoms with E-state index < -0.39 is 0 Å². The molecule has 2 rings (SSSR count). The van der Waals surface area contributed by atoms with Crippen molar-refractivity contribution in [3.8, 4) is 5.75 Å². The highest BCUT2D eigenvalue weighted by Gasteiger charge is 2.01. The van der Waals surface area contributed by atoms with Gasteiger partial charge in [-0.15, -0.1) is 0 Å². The Kier molecular flexibility index (Phi) is 4.79. The van der Waals surface area contributed by atoms with Gasteiger partial charge in [0.2, 0.25) is 0 Å². The second kappa shape index (κ2) is 6.57. The molecular weight excluding hydrogens is 292 g/mol. The number of rotatable bonds is 5. The van der Waals surface area contributed by atoms with Gasteiger partial charge in [0.25, 0.3) is 0 Å². The molecule has 0 radical (unpaired) electrons. The van der Waals surface area contributed by atoms with Gasteiger partial charge in [-0.05, 0) is 29.3 Å². The Balaban J connectivity index is 1.91. The second-order valence-corrected chi connectivity index (χ2v) is 4.85. The highest BCUT2D eigenvalue weighted by molar-refractivity contribution is 9.10. The van der Waals surface area contributed by atoms with E-state index in [1.807, 2.05) is 36.4 Å². The molecule has 0 saturated carbocycles. The van der Waals surface area contributed by atoms with Gasteiger partial charge < -0.3 is 9.84 Å². The molecule has 0 aliphatic rings. The van der Waals surface area contributed by atoms with Gasteiger partial charge in [0, 0.05) is 10.9 Å². The number of benzene rings is 2. The smallest absolute Gasteiger partial charge is 0.119 e. The minimum Gasteiger partial charge on any atom is -0.493 e. The molecule has 18 heavy (non-hydrogen) atoms. The molecule has 0 unspecified atom stereocenters. The third-order valence-electron chi connectivity index (χ3n) is 2.69. The molecule has 0 spiro atoms. The highest BCUT2D eigenvalue weighted by Crippen LogP contribution is 2.22. The summed E-state index contributed by atoms with van der Waals surface area (Å²) < 4.78 is 6.58. The van der Waals surface area contributed by atoms with Crippen molar-refractivity contribution >= 4 is 15.9 Å². The van der Waals surface area contributed by atoms with Crippen LogP contribution in [0.1, 0.15) is 11.1 Å². The fraction of sp³-hybridized carbons (Fsp3) is 0.200. The predicted molar refractivity (Wildman–Crippen MR) is 75.7 cm³/mol. The zero-order valence-corrected chi connectivity index (χ0v) is 11.6. The quantitative estimate of drug-likeness (QED) is 0.915. The molecule has 0 fully saturated rings. The summed E-state index contributed by atoms with van der Waals surface area (Å²) in [4.78, 5) is 0. The molecule has 2 nitrogen and oxygen atoms in total. The van der Waals surface area contributed by atoms with Crippen LogP contribution in [0.3, 0.4) is 0 Å². The Labute approximate surface area is 115 Å². The molecule has 0 atom stereocenters. The minimum atomic E-state index is 0.0104. The van der Waals surface area contributed by atoms with Crippen molar-refractivity contribution in [2.75, 3.05) is 6.61 Å². The molecule has 0 aromatic heterocycles. The van der Waals surface area contributed by atoms with E-state index in [0.29, 0.717) is 6.61 Å². The SMILES string of the molecule is OCc1cc(OCCc2ccccc2)ccc1Br. The second-order valence-electron chi connectivity index (χ2n) is 4.00. The normalized spacial score (nSPS) is 10.3. The number of ether oxygens (including phenoxy) is 1. The molecule has 2 aromatic rings. The van der Waals surface area contributed by atoms with E-state index in [1.54, 1.807) is 0 Å². The third-order valence-corrected chi connectivity index (χ3v) is 3.46. The van der Waals surface area contributed by atoms with Crippen LogP contribution in [0, 0.1) is 0 Å². The summed E-state index contributed by atoms with van der Waals surface area (Å²) in [5.74, 6) is 0.790. The lowest BCUT2D eigenvalue weighted by Gasteiger charge is -2.08. The largest absolute Gasteiger partial charge is 0.493 e. The maximum atomic E-state index is 9.16. The number of hydrogen-bond acceptors (Lipinski definition) is 2. The van der Waals surface area contributed by atoms with Crippen LogP contribution in [0.15, 0.2) is 53.0 Å². The molecule has 0 heterocycles. The van der Waals surface area contributed by atoms with E-state index in [2.05, 4.69) is 28.1 Å². The van der Waals surface area contributed by atoms with Crippen LogP contribution in [0.2, 0.25) is 0 Å². The number of aliphatic hydroxyl groups excluding tert-OH is 1. The van der Waals surface area contributed by atoms with Crippen LogP contribution < -0.4 is 4.74 Å². The van der Waals surface area contributed by atoms with Crippen LogP contribution in [-0.4, -0.2) is 11.7 Å². The summed E-state index contributed by atoms with van der Waals surface area (Å²) in [6.07, 6.45) is 0.880. The zero-order valence-electron chi connectivity index (χ0n) is 9.97. The lowest BCUT2D eigenvalue weighted by molar-refractivity contribution is 0.278. The summed E-state index contributed by atoms with van der Waals surface area (Å²) in [6, 6.07) is 15.9. The van der Waals surface area contributed by atoms with Crippen molar-refractivity contribution in [3.05, 3.63) is 64.1 Å². The molecule has 0 amide bonds. The molecule has 94 valence electrons. The molecule has 2 aromatic carbocycles. The van der Waals surface area contributed by atoms with Crippen molar-refractivity contribution < 1.29 is 9.84 Å². The van der Waals surface area contributed by atoms with E-state index in [1.165, 1.54) is 5.56 Å². The van der Waals surface area contributed by atoms with E-state index in [0.717, 1.165) is 22.2 Å². The molecule has 1 N–H and O–H groups in total. The molecule has 3 heteroatoms. The minimum absolute atomic E-state index is 0.0104. The van der Waals surface area contributed by atoms with Gasteiger partial charge in [-0.1, -0.05) is 46.3 Å². The van der Waals surface area contributed by atoms with Crippen molar-refractivity contribution in [1.29, 1.82) is 0 Å². The van der Waals surface area contributed by atoms with Gasteiger partial charge in [0.1, 0.15) is 5.75 Å². The van der Waals surface area contributed by atoms with E-state index in [4.69, 9.17) is 9.84 Å². The Bertz CT molecular complexity index is 497. The van der Waals surface area contributed by atoms with Gasteiger partial charge in [-0.2, -0.15) is 0 Å². The lowest BCUT2D eigenvalue weighted by Crippen LogP contribution is -2.01. The summed E-state index contributed by atoms with van der Waals surface area (Å²) >= 11 is 3.38. The van der Waals surface area contributed by atoms with Gasteiger partial charge in [-0.25, -0.2) is 0 Å². The first-order chi connectivity index (χ1) is 8.79. The fourth-order valence-corrected chi connectivity index (χ4v) is 2.07. The first kappa shape index (κ1) is 13.1. The summed E-state index contributed by atoms with van der Waals surface area (Å²) in [6.45, 7) is 0.646. The zero-order chi connectivity index (χ0) is 12.8. The number of aliphatic hydroxyl groups is 1. The topological polar surface area (TPSA) is 29.5 Å². The highest BCUT2D eigenvalue weighted by atomic mass is 79.9. The molecule has 0 bridgehead atoms. The standard InChI is InChI=1S/C15H15BrO2/c16-15-7-6-14(10-13(15)11-17)18-9-8-12-4-2-1-3-5-12/h1-7,10,17H,8-9,11H2. The number of halogens is 1. The predicted octanol–water partition coefficient (Wildman–Crippen LogP) is 3.56. The van der Waals surface area contributed by atoms with Crippen molar-refractivity contribution in [3.63, 3.8) is 0 Å². The van der Waals surface area contributed by atoms with Crippen molar-refractivity contribution in [2.24, 2.45) is 0 Å².